The van der Waals surface area contributed by atoms with E-state index in [1.807, 2.05) is 0 Å². The Morgan fingerprint density at radius 3 is 3.00 bits per heavy atom. The SMILES string of the molecule is Cc1[nH]cc[n+]1O[N+](=O)[O-]. The van der Waals surface area contributed by atoms with E-state index in [0.717, 1.165) is 4.73 Å². The molecule has 0 aliphatic heterocycles. The van der Waals surface area contributed by atoms with Gasteiger partial charge in [0, 0.05) is 0 Å². The molecule has 1 aromatic heterocycles. The highest BCUT2D eigenvalue weighted by Crippen LogP contribution is 1.77. The Morgan fingerprint density at radius 2 is 2.60 bits per heavy atom. The fourth-order valence-corrected chi connectivity index (χ4v) is 0.561. The molecule has 0 amide bonds. The molecule has 1 heterocycles. The number of imidazole rings is 1. The van der Waals surface area contributed by atoms with Crippen LogP contribution in [-0.2, 0) is 0 Å². The Labute approximate surface area is 56.1 Å². The van der Waals surface area contributed by atoms with E-state index in [2.05, 4.69) is 9.92 Å². The molecule has 1 rings (SSSR count). The van der Waals surface area contributed by atoms with E-state index in [0.29, 0.717) is 5.82 Å². The van der Waals surface area contributed by atoms with Crippen LogP contribution >= 0.6 is 0 Å². The molecule has 0 atom stereocenters. The summed E-state index contributed by atoms with van der Waals surface area (Å²) in [6.45, 7) is 1.66. The van der Waals surface area contributed by atoms with E-state index >= 15 is 0 Å². The maximum absolute atomic E-state index is 9.77. The van der Waals surface area contributed by atoms with Gasteiger partial charge in [0.25, 0.3) is 0 Å². The second kappa shape index (κ2) is 2.34. The van der Waals surface area contributed by atoms with Gasteiger partial charge in [0.2, 0.25) is 11.3 Å². The Kier molecular flexibility index (Phi) is 1.53. The summed E-state index contributed by atoms with van der Waals surface area (Å²) in [6, 6.07) is 0. The minimum atomic E-state index is -0.874. The summed E-state index contributed by atoms with van der Waals surface area (Å²) < 4.78 is 1.03. The molecule has 0 aromatic carbocycles. The standard InChI is InChI=1S/C4H5N3O3/c1-4-5-2-3-6(4)10-7(8)9/h2-3H,1H3/p+1. The molecular weight excluding hydrogens is 138 g/mol. The van der Waals surface area contributed by atoms with Gasteiger partial charge in [0.15, 0.2) is 6.20 Å². The first kappa shape index (κ1) is 6.53. The van der Waals surface area contributed by atoms with Crippen molar-refractivity contribution in [3.63, 3.8) is 0 Å². The van der Waals surface area contributed by atoms with Crippen molar-refractivity contribution < 1.29 is 14.8 Å². The van der Waals surface area contributed by atoms with Crippen LogP contribution in [0.1, 0.15) is 5.82 Å². The minimum Gasteiger partial charge on any atom is -0.213 e. The van der Waals surface area contributed by atoms with Crippen LogP contribution in [0.25, 0.3) is 0 Å². The summed E-state index contributed by atoms with van der Waals surface area (Å²) in [6.07, 6.45) is 2.96. The van der Waals surface area contributed by atoms with E-state index < -0.39 is 5.09 Å². The van der Waals surface area contributed by atoms with Gasteiger partial charge in [-0.05, 0) is 4.73 Å². The first-order valence-electron chi connectivity index (χ1n) is 2.58. The van der Waals surface area contributed by atoms with Crippen molar-refractivity contribution in [2.24, 2.45) is 0 Å². The van der Waals surface area contributed by atoms with Crippen molar-refractivity contribution in [2.75, 3.05) is 0 Å². The molecule has 1 aromatic rings. The average molecular weight is 144 g/mol. The highest BCUT2D eigenvalue weighted by molar-refractivity contribution is 4.69. The summed E-state index contributed by atoms with van der Waals surface area (Å²) in [7, 11) is 0. The molecule has 0 radical (unpaired) electrons. The zero-order valence-corrected chi connectivity index (χ0v) is 5.27. The Hall–Kier alpha value is -1.59. The molecule has 0 spiro atoms. The molecule has 0 saturated heterocycles. The van der Waals surface area contributed by atoms with Gasteiger partial charge in [0.1, 0.15) is 0 Å². The zero-order valence-electron chi connectivity index (χ0n) is 5.27. The van der Waals surface area contributed by atoms with Crippen molar-refractivity contribution in [1.82, 2.24) is 4.98 Å². The van der Waals surface area contributed by atoms with Crippen molar-refractivity contribution >= 4 is 0 Å². The lowest BCUT2D eigenvalue weighted by Gasteiger charge is -1.89. The molecule has 6 heteroatoms. The molecular formula is C4H6N3O3+. The fourth-order valence-electron chi connectivity index (χ4n) is 0.561. The molecule has 0 fully saturated rings. The third-order valence-corrected chi connectivity index (χ3v) is 0.987. The summed E-state index contributed by atoms with van der Waals surface area (Å²) in [5.41, 5.74) is 0. The number of hydrogen-bond acceptors (Lipinski definition) is 3. The number of hydrogen-bond donors (Lipinski definition) is 1. The number of rotatable bonds is 2. The van der Waals surface area contributed by atoms with Crippen LogP contribution < -0.4 is 9.67 Å². The number of nitrogens with one attached hydrogen (secondary N) is 1. The highest BCUT2D eigenvalue weighted by atomic mass is 17.0. The molecule has 6 nitrogen and oxygen atoms in total. The number of aromatic nitrogens is 2. The van der Waals surface area contributed by atoms with Crippen LogP contribution in [0.15, 0.2) is 12.4 Å². The quantitative estimate of drug-likeness (QED) is 0.336. The smallest absolute Gasteiger partial charge is 0.213 e. The van der Waals surface area contributed by atoms with Crippen LogP contribution in [0.2, 0.25) is 0 Å². The zero-order chi connectivity index (χ0) is 7.56. The van der Waals surface area contributed by atoms with E-state index in [-0.39, 0.29) is 0 Å². The van der Waals surface area contributed by atoms with Crippen molar-refractivity contribution in [1.29, 1.82) is 0 Å². The molecule has 10 heavy (non-hydrogen) atoms. The Balaban J connectivity index is 2.74. The minimum absolute atomic E-state index is 0.566. The predicted octanol–water partition coefficient (Wildman–Crippen LogP) is -0.769. The van der Waals surface area contributed by atoms with E-state index in [9.17, 15) is 10.1 Å². The van der Waals surface area contributed by atoms with Crippen LogP contribution in [0.5, 0.6) is 0 Å². The van der Waals surface area contributed by atoms with Crippen LogP contribution in [0, 0.1) is 17.0 Å². The molecule has 0 saturated carbocycles. The monoisotopic (exact) mass is 144 g/mol. The molecule has 0 bridgehead atoms. The molecule has 1 N–H and O–H groups in total. The summed E-state index contributed by atoms with van der Waals surface area (Å²) >= 11 is 0. The molecule has 0 aliphatic carbocycles. The van der Waals surface area contributed by atoms with Crippen LogP contribution in [0.3, 0.4) is 0 Å². The van der Waals surface area contributed by atoms with Crippen molar-refractivity contribution in [3.05, 3.63) is 28.3 Å². The van der Waals surface area contributed by atoms with E-state index in [1.54, 1.807) is 13.1 Å². The van der Waals surface area contributed by atoms with Crippen molar-refractivity contribution in [2.45, 2.75) is 6.92 Å². The number of H-pyrrole nitrogens is 1. The van der Waals surface area contributed by atoms with Gasteiger partial charge >= 0.3 is 5.82 Å². The fraction of sp³-hybridized carbons (Fsp3) is 0.250. The topological polar surface area (TPSA) is 72.0 Å². The van der Waals surface area contributed by atoms with Crippen LogP contribution in [0.4, 0.5) is 0 Å². The largest absolute Gasteiger partial charge is 0.340 e. The third kappa shape index (κ3) is 1.22. The molecule has 54 valence electrons. The van der Waals surface area contributed by atoms with Gasteiger partial charge in [-0.15, -0.1) is 4.94 Å². The highest BCUT2D eigenvalue weighted by Gasteiger charge is 2.08. The lowest BCUT2D eigenvalue weighted by Crippen LogP contribution is -2.46. The van der Waals surface area contributed by atoms with Gasteiger partial charge in [-0.3, -0.25) is 0 Å². The average Bonchev–Trinajstić information content (AvgIpc) is 2.15. The second-order valence-electron chi connectivity index (χ2n) is 1.68. The van der Waals surface area contributed by atoms with Crippen molar-refractivity contribution in [3.8, 4) is 0 Å². The third-order valence-electron chi connectivity index (χ3n) is 0.987. The molecule has 0 unspecified atom stereocenters. The maximum atomic E-state index is 9.77. The Morgan fingerprint density at radius 1 is 1.90 bits per heavy atom. The summed E-state index contributed by atoms with van der Waals surface area (Å²) in [4.78, 5) is 16.6. The lowest BCUT2D eigenvalue weighted by atomic mass is 10.7. The first-order chi connectivity index (χ1) is 4.70. The number of aryl methyl sites for hydroxylation is 1. The summed E-state index contributed by atoms with van der Waals surface area (Å²) in [5.74, 6) is 0.566. The summed E-state index contributed by atoms with van der Waals surface area (Å²) in [5, 5.41) is 8.89. The predicted molar refractivity (Wildman–Crippen MR) is 29.3 cm³/mol. The van der Waals surface area contributed by atoms with Crippen LogP contribution in [-0.4, -0.2) is 10.1 Å². The molecule has 0 aliphatic rings. The lowest BCUT2D eigenvalue weighted by molar-refractivity contribution is -1.09. The normalized spacial score (nSPS) is 9.30. The maximum Gasteiger partial charge on any atom is 0.340 e. The van der Waals surface area contributed by atoms with Gasteiger partial charge in [-0.25, -0.2) is 4.98 Å². The van der Waals surface area contributed by atoms with Gasteiger partial charge < -0.3 is 0 Å². The van der Waals surface area contributed by atoms with E-state index in [4.69, 9.17) is 0 Å². The second-order valence-corrected chi connectivity index (χ2v) is 1.68. The number of nitrogens with zero attached hydrogens (tertiary/aromatic N) is 2. The van der Waals surface area contributed by atoms with Gasteiger partial charge in [-0.2, -0.15) is 10.1 Å². The number of aromatic amines is 1. The van der Waals surface area contributed by atoms with E-state index in [1.165, 1.54) is 6.20 Å². The van der Waals surface area contributed by atoms with Gasteiger partial charge in [-0.1, -0.05) is 0 Å². The Bertz CT molecular complexity index is 244. The van der Waals surface area contributed by atoms with Gasteiger partial charge in [0.05, 0.1) is 6.92 Å². The first-order valence-corrected chi connectivity index (χ1v) is 2.58.